The van der Waals surface area contributed by atoms with E-state index in [0.717, 1.165) is 38.8 Å². The maximum Gasteiger partial charge on any atom is 0.136 e. The summed E-state index contributed by atoms with van der Waals surface area (Å²) >= 11 is 0. The van der Waals surface area contributed by atoms with Gasteiger partial charge in [0, 0.05) is 23.9 Å². The fraction of sp³-hybridized carbons (Fsp3) is 0.107. The Morgan fingerprint density at radius 3 is 2.50 bits per heavy atom. The fourth-order valence-electron chi connectivity index (χ4n) is 4.42. The third-order valence-electron chi connectivity index (χ3n) is 5.99. The Labute approximate surface area is 176 Å². The van der Waals surface area contributed by atoms with Gasteiger partial charge in [-0.1, -0.05) is 56.3 Å². The van der Waals surface area contributed by atoms with Gasteiger partial charge >= 0.3 is 0 Å². The molecule has 6 rings (SSSR count). The van der Waals surface area contributed by atoms with Crippen molar-refractivity contribution in [3.63, 3.8) is 0 Å². The van der Waals surface area contributed by atoms with E-state index in [2.05, 4.69) is 59.6 Å². The number of rotatable bonds is 2. The van der Waals surface area contributed by atoms with Crippen molar-refractivity contribution in [3.05, 3.63) is 90.6 Å². The van der Waals surface area contributed by atoms with Crippen molar-refractivity contribution < 1.29 is 5.79 Å². The van der Waals surface area contributed by atoms with Gasteiger partial charge in [0.1, 0.15) is 11.2 Å². The lowest BCUT2D eigenvalue weighted by Gasteiger charge is -2.08. The molecule has 2 heterocycles. The summed E-state index contributed by atoms with van der Waals surface area (Å²) in [4.78, 5) is 4.58. The van der Waals surface area contributed by atoms with E-state index >= 15 is 0 Å². The van der Waals surface area contributed by atoms with Crippen molar-refractivity contribution in [3.8, 4) is 11.3 Å². The lowest BCUT2D eigenvalue weighted by molar-refractivity contribution is 0.669. The first-order valence-electron chi connectivity index (χ1n) is 10.7. The molecule has 2 nitrogen and oxygen atoms in total. The normalized spacial score (nSPS) is 12.8. The molecule has 30 heavy (non-hydrogen) atoms. The molecule has 144 valence electrons. The lowest BCUT2D eigenvalue weighted by atomic mass is 9.97. The number of nitrogens with zero attached hydrogens (tertiary/aromatic N) is 1. The van der Waals surface area contributed by atoms with Crippen molar-refractivity contribution in [2.45, 2.75) is 19.7 Å². The molecule has 0 fully saturated rings. The van der Waals surface area contributed by atoms with Crippen LogP contribution in [0, 0.1) is 0 Å². The Morgan fingerprint density at radius 2 is 1.60 bits per heavy atom. The van der Waals surface area contributed by atoms with E-state index in [1.165, 1.54) is 21.5 Å². The molecule has 2 aromatic heterocycles. The van der Waals surface area contributed by atoms with Gasteiger partial charge in [-0.15, -0.1) is 0 Å². The van der Waals surface area contributed by atoms with Crippen LogP contribution in [-0.2, 0) is 0 Å². The van der Waals surface area contributed by atoms with Crippen LogP contribution in [0.2, 0.25) is 0 Å². The van der Waals surface area contributed by atoms with Gasteiger partial charge in [-0.2, -0.15) is 0 Å². The van der Waals surface area contributed by atoms with E-state index in [4.69, 9.17) is 5.79 Å². The van der Waals surface area contributed by atoms with Crippen molar-refractivity contribution in [1.82, 2.24) is 4.98 Å². The first kappa shape index (κ1) is 16.2. The molecule has 0 unspecified atom stereocenters. The van der Waals surface area contributed by atoms with Crippen LogP contribution in [0.3, 0.4) is 0 Å². The standard InChI is InChI=1S/C28H21NO/c1-17(2)19-13-14-29-25(16-19)20-8-11-26-24(15-20)28-23-9-7-18-5-3-4-6-21(18)22(23)10-12-27(28)30-26/h3-17H,1-2H3/i17D. The van der Waals surface area contributed by atoms with Gasteiger partial charge < -0.3 is 4.42 Å². The predicted octanol–water partition coefficient (Wildman–Crippen LogP) is 8.08. The minimum absolute atomic E-state index is 0.665. The van der Waals surface area contributed by atoms with E-state index in [1.54, 1.807) is 6.20 Å². The highest BCUT2D eigenvalue weighted by atomic mass is 16.3. The van der Waals surface area contributed by atoms with E-state index in [9.17, 15) is 0 Å². The highest BCUT2D eigenvalue weighted by molar-refractivity contribution is 6.23. The smallest absolute Gasteiger partial charge is 0.136 e. The minimum atomic E-state index is -0.665. The number of aromatic nitrogens is 1. The molecule has 0 bridgehead atoms. The highest BCUT2D eigenvalue weighted by Crippen LogP contribution is 2.38. The first-order valence-corrected chi connectivity index (χ1v) is 10.2. The molecule has 0 saturated carbocycles. The van der Waals surface area contributed by atoms with Gasteiger partial charge in [0.05, 0.1) is 5.69 Å². The molecule has 0 radical (unpaired) electrons. The Hall–Kier alpha value is -3.65. The van der Waals surface area contributed by atoms with Crippen molar-refractivity contribution >= 4 is 43.5 Å². The number of furan rings is 1. The summed E-state index contributed by atoms with van der Waals surface area (Å²) in [5.74, 6) is -0.665. The topological polar surface area (TPSA) is 26.0 Å². The first-order chi connectivity index (χ1) is 15.0. The number of benzene rings is 4. The van der Waals surface area contributed by atoms with Gasteiger partial charge in [-0.3, -0.25) is 4.98 Å². The molecule has 2 heteroatoms. The third kappa shape index (κ3) is 2.54. The van der Waals surface area contributed by atoms with E-state index in [0.29, 0.717) is 0 Å². The molecule has 0 atom stereocenters. The number of hydrogen-bond donors (Lipinski definition) is 0. The summed E-state index contributed by atoms with van der Waals surface area (Å²) in [5, 5.41) is 7.14. The molecular weight excluding hydrogens is 366 g/mol. The van der Waals surface area contributed by atoms with Crippen LogP contribution in [0.1, 0.15) is 26.7 Å². The van der Waals surface area contributed by atoms with Crippen LogP contribution in [0.15, 0.2) is 89.5 Å². The second kappa shape index (κ2) is 6.43. The summed E-state index contributed by atoms with van der Waals surface area (Å²) in [6.07, 6.45) is 1.79. The second-order valence-corrected chi connectivity index (χ2v) is 8.06. The molecule has 4 aromatic carbocycles. The summed E-state index contributed by atoms with van der Waals surface area (Å²) in [5.41, 5.74) is 4.62. The van der Waals surface area contributed by atoms with Gasteiger partial charge in [-0.05, 0) is 69.4 Å². The number of fused-ring (bicyclic) bond motifs is 7. The van der Waals surface area contributed by atoms with Crippen LogP contribution >= 0.6 is 0 Å². The second-order valence-electron chi connectivity index (χ2n) is 8.06. The zero-order valence-electron chi connectivity index (χ0n) is 17.9. The highest BCUT2D eigenvalue weighted by Gasteiger charge is 2.13. The molecular formula is C28H21NO. The number of hydrogen-bond acceptors (Lipinski definition) is 2. The molecule has 0 aliphatic heterocycles. The van der Waals surface area contributed by atoms with Crippen LogP contribution < -0.4 is 0 Å². The van der Waals surface area contributed by atoms with Crippen LogP contribution in [0.5, 0.6) is 0 Å². The zero-order valence-corrected chi connectivity index (χ0v) is 16.9. The Kier molecular flexibility index (Phi) is 3.47. The average Bonchev–Trinajstić information content (AvgIpc) is 3.16. The van der Waals surface area contributed by atoms with E-state index in [-0.39, 0.29) is 0 Å². The summed E-state index contributed by atoms with van der Waals surface area (Å²) in [7, 11) is 0. The molecule has 0 amide bonds. The molecule has 0 N–H and O–H groups in total. The van der Waals surface area contributed by atoms with Gasteiger partial charge in [0.15, 0.2) is 0 Å². The SMILES string of the molecule is [2H]C(C)(C)c1ccnc(-c2ccc3oc4ccc5c6ccccc6ccc5c4c3c2)c1. The van der Waals surface area contributed by atoms with Gasteiger partial charge in [0.25, 0.3) is 0 Å². The predicted molar refractivity (Wildman–Crippen MR) is 126 cm³/mol. The van der Waals surface area contributed by atoms with Gasteiger partial charge in [0.2, 0.25) is 0 Å². The van der Waals surface area contributed by atoms with Gasteiger partial charge in [-0.25, -0.2) is 0 Å². The van der Waals surface area contributed by atoms with E-state index in [1.807, 2.05) is 38.1 Å². The average molecular weight is 388 g/mol. The van der Waals surface area contributed by atoms with Crippen LogP contribution in [0.25, 0.3) is 54.7 Å². The Bertz CT molecular complexity index is 1620. The maximum atomic E-state index is 8.36. The zero-order chi connectivity index (χ0) is 21.2. The molecule has 6 aromatic rings. The summed E-state index contributed by atoms with van der Waals surface area (Å²) < 4.78 is 14.6. The summed E-state index contributed by atoms with van der Waals surface area (Å²) in [6, 6.07) is 27.3. The van der Waals surface area contributed by atoms with Crippen molar-refractivity contribution in [2.24, 2.45) is 0 Å². The fourth-order valence-corrected chi connectivity index (χ4v) is 4.42. The molecule has 0 saturated heterocycles. The maximum absolute atomic E-state index is 8.36. The Morgan fingerprint density at radius 1 is 0.767 bits per heavy atom. The summed E-state index contributed by atoms with van der Waals surface area (Å²) in [6.45, 7) is 3.80. The van der Waals surface area contributed by atoms with Crippen LogP contribution in [-0.4, -0.2) is 4.98 Å². The molecule has 0 aliphatic carbocycles. The third-order valence-corrected chi connectivity index (χ3v) is 5.99. The minimum Gasteiger partial charge on any atom is -0.456 e. The quantitative estimate of drug-likeness (QED) is 0.280. The molecule has 0 aliphatic rings. The van der Waals surface area contributed by atoms with Crippen molar-refractivity contribution in [2.75, 3.05) is 0 Å². The van der Waals surface area contributed by atoms with Crippen molar-refractivity contribution in [1.29, 1.82) is 0 Å². The Balaban J connectivity index is 1.64. The monoisotopic (exact) mass is 388 g/mol. The number of pyridine rings is 1. The van der Waals surface area contributed by atoms with Crippen LogP contribution in [0.4, 0.5) is 0 Å². The molecule has 0 spiro atoms. The lowest BCUT2D eigenvalue weighted by Crippen LogP contribution is -1.90. The largest absolute Gasteiger partial charge is 0.456 e. The van der Waals surface area contributed by atoms with E-state index < -0.39 is 5.89 Å².